The minimum Gasteiger partial charge on any atom is -0.490 e. The van der Waals surface area contributed by atoms with Gasteiger partial charge in [0.25, 0.3) is 5.91 Å². The molecule has 1 aliphatic heterocycles. The number of rotatable bonds is 5. The number of nitrogens with one attached hydrogen (secondary N) is 1. The van der Waals surface area contributed by atoms with E-state index in [2.05, 4.69) is 16.9 Å². The number of ether oxygens (including phenoxy) is 1. The van der Waals surface area contributed by atoms with Crippen molar-refractivity contribution in [2.45, 2.75) is 0 Å². The van der Waals surface area contributed by atoms with Crippen LogP contribution in [-0.4, -0.2) is 17.7 Å². The van der Waals surface area contributed by atoms with Gasteiger partial charge in [-0.3, -0.25) is 4.79 Å². The number of hydrogen-bond acceptors (Lipinski definition) is 4. The predicted octanol–water partition coefficient (Wildman–Crippen LogP) is 5.45. The Morgan fingerprint density at radius 3 is 2.65 bits per heavy atom. The first-order valence-electron chi connectivity index (χ1n) is 7.63. The van der Waals surface area contributed by atoms with Gasteiger partial charge in [-0.1, -0.05) is 48.0 Å². The van der Waals surface area contributed by atoms with E-state index in [0.717, 1.165) is 11.3 Å². The molecule has 1 amide bonds. The molecule has 0 bridgehead atoms. The molecule has 0 aromatic heterocycles. The van der Waals surface area contributed by atoms with Gasteiger partial charge in [-0.05, 0) is 53.7 Å². The number of aliphatic imine (C=N–C) groups is 1. The maximum absolute atomic E-state index is 12.2. The second kappa shape index (κ2) is 8.45. The quantitative estimate of drug-likeness (QED) is 0.532. The molecule has 1 fully saturated rings. The van der Waals surface area contributed by atoms with Gasteiger partial charge in [-0.15, -0.1) is 0 Å². The smallest absolute Gasteiger partial charge is 0.264 e. The molecule has 2 aromatic carbocycles. The lowest BCUT2D eigenvalue weighted by Gasteiger charge is -2.03. The van der Waals surface area contributed by atoms with Crippen LogP contribution in [0.5, 0.6) is 5.75 Å². The SMILES string of the molecule is C=CCOc1ccc(/C=C2/SC(=Nc3ccc(Cl)cc3Cl)NC2=O)cc1. The Morgan fingerprint density at radius 2 is 1.96 bits per heavy atom. The standard InChI is InChI=1S/C19H14Cl2N2O2S/c1-2-9-25-14-6-3-12(4-7-14)10-17-18(24)23-19(26-17)22-16-8-5-13(20)11-15(16)21/h2-8,10-11H,1,9H2,(H,22,23,24)/b17-10+. The molecular weight excluding hydrogens is 391 g/mol. The van der Waals surface area contributed by atoms with Gasteiger partial charge >= 0.3 is 0 Å². The minimum atomic E-state index is -0.203. The summed E-state index contributed by atoms with van der Waals surface area (Å²) in [5.74, 6) is 0.543. The summed E-state index contributed by atoms with van der Waals surface area (Å²) in [4.78, 5) is 17.1. The lowest BCUT2D eigenvalue weighted by molar-refractivity contribution is -0.115. The van der Waals surface area contributed by atoms with E-state index in [9.17, 15) is 4.79 Å². The summed E-state index contributed by atoms with van der Waals surface area (Å²) in [6, 6.07) is 12.5. The van der Waals surface area contributed by atoms with Crippen LogP contribution in [0, 0.1) is 0 Å². The predicted molar refractivity (Wildman–Crippen MR) is 109 cm³/mol. The largest absolute Gasteiger partial charge is 0.490 e. The maximum Gasteiger partial charge on any atom is 0.264 e. The zero-order chi connectivity index (χ0) is 18.5. The molecule has 1 saturated heterocycles. The first-order valence-corrected chi connectivity index (χ1v) is 9.21. The molecule has 0 saturated carbocycles. The van der Waals surface area contributed by atoms with E-state index in [1.807, 2.05) is 24.3 Å². The number of amides is 1. The summed E-state index contributed by atoms with van der Waals surface area (Å²) >= 11 is 13.2. The van der Waals surface area contributed by atoms with Gasteiger partial charge in [0.1, 0.15) is 12.4 Å². The Balaban J connectivity index is 1.75. The molecule has 1 heterocycles. The molecule has 0 aliphatic carbocycles. The Labute approximate surface area is 165 Å². The van der Waals surface area contributed by atoms with Gasteiger partial charge < -0.3 is 10.1 Å². The summed E-state index contributed by atoms with van der Waals surface area (Å²) in [5, 5.41) is 4.16. The van der Waals surface area contributed by atoms with Crippen molar-refractivity contribution in [3.8, 4) is 5.75 Å². The summed E-state index contributed by atoms with van der Waals surface area (Å²) in [6.45, 7) is 4.06. The summed E-state index contributed by atoms with van der Waals surface area (Å²) < 4.78 is 5.44. The number of carbonyl (C=O) groups excluding carboxylic acids is 1. The molecule has 132 valence electrons. The fraction of sp³-hybridized carbons (Fsp3) is 0.0526. The van der Waals surface area contributed by atoms with Crippen LogP contribution in [0.25, 0.3) is 6.08 Å². The van der Waals surface area contributed by atoms with Crippen molar-refractivity contribution in [3.05, 3.63) is 75.6 Å². The van der Waals surface area contributed by atoms with Gasteiger partial charge in [0.15, 0.2) is 5.17 Å². The van der Waals surface area contributed by atoms with Crippen LogP contribution >= 0.6 is 35.0 Å². The van der Waals surface area contributed by atoms with Gasteiger partial charge in [-0.2, -0.15) is 0 Å². The van der Waals surface area contributed by atoms with Crippen LogP contribution in [0.1, 0.15) is 5.56 Å². The highest BCUT2D eigenvalue weighted by atomic mass is 35.5. The molecular formula is C19H14Cl2N2O2S. The minimum absolute atomic E-state index is 0.203. The van der Waals surface area contributed by atoms with E-state index in [1.54, 1.807) is 30.4 Å². The number of thioether (sulfide) groups is 1. The number of nitrogens with zero attached hydrogens (tertiary/aromatic N) is 1. The number of benzene rings is 2. The van der Waals surface area contributed by atoms with E-state index in [4.69, 9.17) is 27.9 Å². The molecule has 0 unspecified atom stereocenters. The van der Waals surface area contributed by atoms with Crippen LogP contribution in [-0.2, 0) is 4.79 Å². The molecule has 2 aromatic rings. The van der Waals surface area contributed by atoms with E-state index in [1.165, 1.54) is 11.8 Å². The Bertz CT molecular complexity index is 908. The number of halogens is 2. The zero-order valence-corrected chi connectivity index (χ0v) is 15.9. The molecule has 7 heteroatoms. The highest BCUT2D eigenvalue weighted by Crippen LogP contribution is 2.32. The van der Waals surface area contributed by atoms with E-state index in [-0.39, 0.29) is 5.91 Å². The molecule has 3 rings (SSSR count). The van der Waals surface area contributed by atoms with Crippen molar-refractivity contribution in [1.29, 1.82) is 0 Å². The third-order valence-corrected chi connectivity index (χ3v) is 4.78. The van der Waals surface area contributed by atoms with Gasteiger partial charge in [-0.25, -0.2) is 4.99 Å². The fourth-order valence-corrected chi connectivity index (χ4v) is 3.41. The van der Waals surface area contributed by atoms with Crippen LogP contribution in [0.4, 0.5) is 5.69 Å². The molecule has 0 radical (unpaired) electrons. The molecule has 0 atom stereocenters. The number of amidine groups is 1. The van der Waals surface area contributed by atoms with Crippen molar-refractivity contribution >= 4 is 57.8 Å². The summed E-state index contributed by atoms with van der Waals surface area (Å²) in [5.41, 5.74) is 1.43. The highest BCUT2D eigenvalue weighted by molar-refractivity contribution is 8.18. The van der Waals surface area contributed by atoms with Crippen LogP contribution in [0.15, 0.2) is 65.0 Å². The van der Waals surface area contributed by atoms with E-state index < -0.39 is 0 Å². The first kappa shape index (κ1) is 18.6. The number of hydrogen-bond donors (Lipinski definition) is 1. The second-order valence-corrected chi connectivity index (χ2v) is 7.12. The topological polar surface area (TPSA) is 50.7 Å². The Morgan fingerprint density at radius 1 is 1.19 bits per heavy atom. The molecule has 4 nitrogen and oxygen atoms in total. The zero-order valence-electron chi connectivity index (χ0n) is 13.5. The van der Waals surface area contributed by atoms with E-state index in [0.29, 0.717) is 32.4 Å². The molecule has 1 aliphatic rings. The van der Waals surface area contributed by atoms with Crippen molar-refractivity contribution in [3.63, 3.8) is 0 Å². The van der Waals surface area contributed by atoms with Crippen molar-refractivity contribution < 1.29 is 9.53 Å². The average molecular weight is 405 g/mol. The van der Waals surface area contributed by atoms with Crippen LogP contribution in [0.2, 0.25) is 10.0 Å². The maximum atomic E-state index is 12.2. The van der Waals surface area contributed by atoms with Gasteiger partial charge in [0, 0.05) is 5.02 Å². The lowest BCUT2D eigenvalue weighted by Crippen LogP contribution is -2.19. The van der Waals surface area contributed by atoms with Crippen molar-refractivity contribution in [2.24, 2.45) is 4.99 Å². The molecule has 26 heavy (non-hydrogen) atoms. The lowest BCUT2D eigenvalue weighted by atomic mass is 10.2. The average Bonchev–Trinajstić information content (AvgIpc) is 2.96. The number of carbonyl (C=O) groups is 1. The first-order chi connectivity index (χ1) is 12.5. The monoisotopic (exact) mass is 404 g/mol. The third-order valence-electron chi connectivity index (χ3n) is 3.33. The summed E-state index contributed by atoms with van der Waals surface area (Å²) in [6.07, 6.45) is 3.48. The molecule has 1 N–H and O–H groups in total. The fourth-order valence-electron chi connectivity index (χ4n) is 2.13. The van der Waals surface area contributed by atoms with Crippen molar-refractivity contribution in [1.82, 2.24) is 5.32 Å². The normalized spacial score (nSPS) is 16.8. The van der Waals surface area contributed by atoms with Crippen molar-refractivity contribution in [2.75, 3.05) is 6.61 Å². The highest BCUT2D eigenvalue weighted by Gasteiger charge is 2.24. The summed E-state index contributed by atoms with van der Waals surface area (Å²) in [7, 11) is 0. The van der Waals surface area contributed by atoms with Gasteiger partial charge in [0.2, 0.25) is 0 Å². The Kier molecular flexibility index (Phi) is 6.04. The van der Waals surface area contributed by atoms with Crippen LogP contribution in [0.3, 0.4) is 0 Å². The van der Waals surface area contributed by atoms with Crippen LogP contribution < -0.4 is 10.1 Å². The second-order valence-electron chi connectivity index (χ2n) is 5.25. The van der Waals surface area contributed by atoms with E-state index >= 15 is 0 Å². The molecule has 0 spiro atoms. The third kappa shape index (κ3) is 4.69. The van der Waals surface area contributed by atoms with Gasteiger partial charge in [0.05, 0.1) is 15.6 Å². The Hall–Kier alpha value is -2.21.